The molecular weight excluding hydrogens is 302 g/mol. The van der Waals surface area contributed by atoms with Crippen LogP contribution in [0.15, 0.2) is 43.0 Å². The molecule has 0 bridgehead atoms. The third-order valence-electron chi connectivity index (χ3n) is 5.11. The van der Waals surface area contributed by atoms with Gasteiger partial charge in [0.05, 0.1) is 0 Å². The lowest BCUT2D eigenvalue weighted by atomic mass is 9.82. The van der Waals surface area contributed by atoms with Gasteiger partial charge >= 0.3 is 6.03 Å². The van der Waals surface area contributed by atoms with Crippen LogP contribution in [-0.4, -0.2) is 43.0 Å². The number of para-hydroxylation sites is 1. The number of fused-ring (bicyclic) bond motifs is 1. The molecule has 128 valence electrons. The van der Waals surface area contributed by atoms with E-state index in [9.17, 15) is 9.59 Å². The van der Waals surface area contributed by atoms with E-state index in [1.807, 2.05) is 40.1 Å². The summed E-state index contributed by atoms with van der Waals surface area (Å²) >= 11 is 0. The van der Waals surface area contributed by atoms with E-state index in [1.165, 1.54) is 0 Å². The molecule has 0 aromatic heterocycles. The monoisotopic (exact) mass is 327 g/mol. The molecule has 5 nitrogen and oxygen atoms in total. The lowest BCUT2D eigenvalue weighted by molar-refractivity contribution is -0.119. The molecule has 2 saturated heterocycles. The molecule has 2 atom stereocenters. The van der Waals surface area contributed by atoms with Gasteiger partial charge in [-0.1, -0.05) is 24.3 Å². The van der Waals surface area contributed by atoms with Crippen LogP contribution in [0.5, 0.6) is 0 Å². The summed E-state index contributed by atoms with van der Waals surface area (Å²) in [6.07, 6.45) is 4.12. The van der Waals surface area contributed by atoms with E-state index < -0.39 is 0 Å². The first-order valence-electron chi connectivity index (χ1n) is 8.68. The molecule has 2 aliphatic heterocycles. The quantitative estimate of drug-likeness (QED) is 0.868. The molecule has 1 aromatic carbocycles. The lowest BCUT2D eigenvalue weighted by Crippen LogP contribution is -2.48. The average Bonchev–Trinajstić information content (AvgIpc) is 2.78. The number of urea groups is 1. The van der Waals surface area contributed by atoms with E-state index in [0.29, 0.717) is 24.8 Å². The normalized spacial score (nSPS) is 24.1. The maximum atomic E-state index is 12.6. The second-order valence-electron chi connectivity index (χ2n) is 6.60. The van der Waals surface area contributed by atoms with Gasteiger partial charge in [-0.15, -0.1) is 6.58 Å². The number of hydrogen-bond acceptors (Lipinski definition) is 2. The Bertz CT molecular complexity index is 602. The molecule has 0 radical (unpaired) electrons. The van der Waals surface area contributed by atoms with E-state index in [2.05, 4.69) is 11.9 Å². The standard InChI is InChI=1S/C19H25N3O2/c1-2-10-20-19(24)21-11-8-15-13-18(23)22(12-9-16(15)14-21)17-6-4-3-5-7-17/h2-7,15-16H,1,8-14H2,(H,20,24). The minimum atomic E-state index is -0.0242. The van der Waals surface area contributed by atoms with Crippen molar-refractivity contribution in [1.29, 1.82) is 0 Å². The molecule has 0 spiro atoms. The van der Waals surface area contributed by atoms with E-state index >= 15 is 0 Å². The highest BCUT2D eigenvalue weighted by atomic mass is 16.2. The fraction of sp³-hybridized carbons (Fsp3) is 0.474. The number of carbonyl (C=O) groups is 2. The van der Waals surface area contributed by atoms with Gasteiger partial charge in [-0.05, 0) is 36.8 Å². The number of likely N-dealkylation sites (tertiary alicyclic amines) is 1. The van der Waals surface area contributed by atoms with Crippen LogP contribution in [0.4, 0.5) is 10.5 Å². The van der Waals surface area contributed by atoms with Gasteiger partial charge < -0.3 is 15.1 Å². The van der Waals surface area contributed by atoms with Gasteiger partial charge in [0.1, 0.15) is 0 Å². The first kappa shape index (κ1) is 16.6. The van der Waals surface area contributed by atoms with Crippen molar-refractivity contribution >= 4 is 17.6 Å². The largest absolute Gasteiger partial charge is 0.335 e. The maximum Gasteiger partial charge on any atom is 0.317 e. The number of nitrogens with zero attached hydrogens (tertiary/aromatic N) is 2. The predicted octanol–water partition coefficient (Wildman–Crippen LogP) is 2.65. The second-order valence-corrected chi connectivity index (χ2v) is 6.60. The summed E-state index contributed by atoms with van der Waals surface area (Å²) in [5, 5.41) is 2.85. The average molecular weight is 327 g/mol. The van der Waals surface area contributed by atoms with Crippen molar-refractivity contribution in [3.63, 3.8) is 0 Å². The van der Waals surface area contributed by atoms with Gasteiger partial charge in [0.25, 0.3) is 0 Å². The predicted molar refractivity (Wildman–Crippen MR) is 94.8 cm³/mol. The highest BCUT2D eigenvalue weighted by Crippen LogP contribution is 2.33. The van der Waals surface area contributed by atoms with E-state index in [1.54, 1.807) is 6.08 Å². The Kier molecular flexibility index (Phi) is 5.18. The van der Waals surface area contributed by atoms with Crippen LogP contribution in [0.2, 0.25) is 0 Å². The van der Waals surface area contributed by atoms with Gasteiger partial charge in [-0.25, -0.2) is 4.79 Å². The number of nitrogens with one attached hydrogen (secondary N) is 1. The summed E-state index contributed by atoms with van der Waals surface area (Å²) in [6.45, 7) is 6.31. The van der Waals surface area contributed by atoms with Crippen molar-refractivity contribution < 1.29 is 9.59 Å². The van der Waals surface area contributed by atoms with Crippen LogP contribution < -0.4 is 10.2 Å². The minimum Gasteiger partial charge on any atom is -0.335 e. The Morgan fingerprint density at radius 3 is 2.71 bits per heavy atom. The Morgan fingerprint density at radius 1 is 1.21 bits per heavy atom. The zero-order valence-corrected chi connectivity index (χ0v) is 14.0. The Balaban J connectivity index is 1.66. The molecule has 0 aliphatic carbocycles. The summed E-state index contributed by atoms with van der Waals surface area (Å²) in [5.41, 5.74) is 0.974. The van der Waals surface area contributed by atoms with E-state index in [0.717, 1.165) is 38.2 Å². The Hall–Kier alpha value is -2.30. The van der Waals surface area contributed by atoms with Crippen molar-refractivity contribution in [2.24, 2.45) is 11.8 Å². The van der Waals surface area contributed by atoms with Gasteiger partial charge in [0, 0.05) is 38.3 Å². The van der Waals surface area contributed by atoms with Crippen molar-refractivity contribution in [3.8, 4) is 0 Å². The summed E-state index contributed by atoms with van der Waals surface area (Å²) in [6, 6.07) is 9.84. The van der Waals surface area contributed by atoms with E-state index in [4.69, 9.17) is 0 Å². The molecule has 1 aromatic rings. The number of piperidine rings is 1. The molecule has 3 rings (SSSR count). The van der Waals surface area contributed by atoms with Crippen LogP contribution in [-0.2, 0) is 4.79 Å². The van der Waals surface area contributed by atoms with Gasteiger partial charge in [0.15, 0.2) is 0 Å². The smallest absolute Gasteiger partial charge is 0.317 e. The SMILES string of the molecule is C=CCNC(=O)N1CCC2CC(=O)N(c3ccccc3)CCC2C1. The fourth-order valence-corrected chi connectivity index (χ4v) is 3.77. The Labute approximate surface area is 143 Å². The molecule has 0 saturated carbocycles. The third kappa shape index (κ3) is 3.61. The molecule has 2 aliphatic rings. The topological polar surface area (TPSA) is 52.7 Å². The van der Waals surface area contributed by atoms with Gasteiger partial charge in [0.2, 0.25) is 5.91 Å². The molecule has 2 unspecified atom stereocenters. The number of hydrogen-bond donors (Lipinski definition) is 1. The number of carbonyl (C=O) groups excluding carboxylic acids is 2. The van der Waals surface area contributed by atoms with Gasteiger partial charge in [-0.3, -0.25) is 4.79 Å². The summed E-state index contributed by atoms with van der Waals surface area (Å²) in [4.78, 5) is 28.6. The first-order valence-corrected chi connectivity index (χ1v) is 8.68. The van der Waals surface area contributed by atoms with Crippen LogP contribution in [0.25, 0.3) is 0 Å². The lowest BCUT2D eigenvalue weighted by Gasteiger charge is -2.37. The minimum absolute atomic E-state index is 0.0242. The number of anilines is 1. The van der Waals surface area contributed by atoms with Crippen molar-refractivity contribution in [2.75, 3.05) is 31.1 Å². The number of rotatable bonds is 3. The zero-order chi connectivity index (χ0) is 16.9. The summed E-state index contributed by atoms with van der Waals surface area (Å²) < 4.78 is 0. The summed E-state index contributed by atoms with van der Waals surface area (Å²) in [7, 11) is 0. The third-order valence-corrected chi connectivity index (χ3v) is 5.11. The molecule has 24 heavy (non-hydrogen) atoms. The van der Waals surface area contributed by atoms with Crippen LogP contribution in [0.3, 0.4) is 0 Å². The fourth-order valence-electron chi connectivity index (χ4n) is 3.77. The maximum absolute atomic E-state index is 12.6. The zero-order valence-electron chi connectivity index (χ0n) is 14.0. The van der Waals surface area contributed by atoms with E-state index in [-0.39, 0.29) is 11.9 Å². The highest BCUT2D eigenvalue weighted by Gasteiger charge is 2.36. The first-order chi connectivity index (χ1) is 11.7. The van der Waals surface area contributed by atoms with Crippen molar-refractivity contribution in [3.05, 3.63) is 43.0 Å². The van der Waals surface area contributed by atoms with Crippen LogP contribution >= 0.6 is 0 Å². The molecule has 2 fully saturated rings. The number of benzene rings is 1. The molecular formula is C19H25N3O2. The highest BCUT2D eigenvalue weighted by molar-refractivity contribution is 5.93. The number of amides is 3. The van der Waals surface area contributed by atoms with Crippen LogP contribution in [0, 0.1) is 11.8 Å². The molecule has 5 heteroatoms. The van der Waals surface area contributed by atoms with Crippen molar-refractivity contribution in [1.82, 2.24) is 10.2 Å². The van der Waals surface area contributed by atoms with Crippen LogP contribution in [0.1, 0.15) is 19.3 Å². The molecule has 3 amide bonds. The Morgan fingerprint density at radius 2 is 1.96 bits per heavy atom. The molecule has 1 N–H and O–H groups in total. The van der Waals surface area contributed by atoms with Gasteiger partial charge in [-0.2, -0.15) is 0 Å². The second kappa shape index (κ2) is 7.51. The molecule has 2 heterocycles. The van der Waals surface area contributed by atoms with Crippen molar-refractivity contribution in [2.45, 2.75) is 19.3 Å². The summed E-state index contributed by atoms with van der Waals surface area (Å²) in [5.74, 6) is 0.985.